The van der Waals surface area contributed by atoms with Gasteiger partial charge in [0.25, 0.3) is 0 Å². The van der Waals surface area contributed by atoms with Crippen LogP contribution in [0.1, 0.15) is 58.3 Å². The fourth-order valence-electron chi connectivity index (χ4n) is 2.40. The summed E-state index contributed by atoms with van der Waals surface area (Å²) in [6.45, 7) is 2.21. The zero-order chi connectivity index (χ0) is 10.4. The molecule has 14 heavy (non-hydrogen) atoms. The second-order valence-corrected chi connectivity index (χ2v) is 4.74. The molecule has 0 amide bonds. The van der Waals surface area contributed by atoms with Crippen LogP contribution in [0, 0.1) is 0 Å². The molecule has 1 fully saturated rings. The van der Waals surface area contributed by atoms with Crippen molar-refractivity contribution in [1.82, 2.24) is 5.32 Å². The molecular formula is C12H25NO. The molecule has 0 aromatic carbocycles. The van der Waals surface area contributed by atoms with E-state index in [-0.39, 0.29) is 5.60 Å². The van der Waals surface area contributed by atoms with Crippen molar-refractivity contribution in [3.63, 3.8) is 0 Å². The Hall–Kier alpha value is -0.0800. The molecule has 2 heteroatoms. The van der Waals surface area contributed by atoms with Crippen molar-refractivity contribution in [2.75, 3.05) is 7.05 Å². The van der Waals surface area contributed by atoms with Crippen molar-refractivity contribution in [3.05, 3.63) is 0 Å². The van der Waals surface area contributed by atoms with Crippen molar-refractivity contribution in [2.45, 2.75) is 69.9 Å². The summed E-state index contributed by atoms with van der Waals surface area (Å²) in [7, 11) is 2.02. The molecule has 0 aliphatic heterocycles. The molecule has 1 aliphatic carbocycles. The minimum atomic E-state index is -0.331. The molecule has 2 nitrogen and oxygen atoms in total. The van der Waals surface area contributed by atoms with Gasteiger partial charge in [-0.3, -0.25) is 0 Å². The maximum absolute atomic E-state index is 10.3. The van der Waals surface area contributed by atoms with Gasteiger partial charge in [-0.05, 0) is 39.2 Å². The first-order chi connectivity index (χ1) is 6.70. The van der Waals surface area contributed by atoms with Gasteiger partial charge in [0.1, 0.15) is 0 Å². The first-order valence-corrected chi connectivity index (χ1v) is 6.10. The summed E-state index contributed by atoms with van der Waals surface area (Å²) in [6.07, 6.45) is 8.96. The Morgan fingerprint density at radius 1 is 1.29 bits per heavy atom. The van der Waals surface area contributed by atoms with Crippen LogP contribution >= 0.6 is 0 Å². The Kier molecular flexibility index (Phi) is 4.90. The number of nitrogens with one attached hydrogen (secondary N) is 1. The fraction of sp³-hybridized carbons (Fsp3) is 1.00. The van der Waals surface area contributed by atoms with Crippen molar-refractivity contribution in [3.8, 4) is 0 Å². The lowest BCUT2D eigenvalue weighted by atomic mass is 9.79. The normalized spacial score (nSPS) is 33.2. The third-order valence-corrected chi connectivity index (χ3v) is 3.57. The molecule has 2 N–H and O–H groups in total. The van der Waals surface area contributed by atoms with E-state index in [9.17, 15) is 5.11 Å². The van der Waals surface area contributed by atoms with Crippen molar-refractivity contribution in [1.29, 1.82) is 0 Å². The van der Waals surface area contributed by atoms with E-state index in [2.05, 4.69) is 12.2 Å². The monoisotopic (exact) mass is 199 g/mol. The van der Waals surface area contributed by atoms with Crippen LogP contribution in [0.25, 0.3) is 0 Å². The molecule has 1 saturated carbocycles. The number of hydrogen-bond acceptors (Lipinski definition) is 2. The van der Waals surface area contributed by atoms with Gasteiger partial charge in [-0.15, -0.1) is 0 Å². The van der Waals surface area contributed by atoms with E-state index in [0.29, 0.717) is 6.04 Å². The van der Waals surface area contributed by atoms with Gasteiger partial charge in [0, 0.05) is 6.04 Å². The highest BCUT2D eigenvalue weighted by Crippen LogP contribution is 2.32. The highest BCUT2D eigenvalue weighted by molar-refractivity contribution is 4.87. The van der Waals surface area contributed by atoms with Crippen LogP contribution in [0.4, 0.5) is 0 Å². The van der Waals surface area contributed by atoms with Gasteiger partial charge in [0.2, 0.25) is 0 Å². The summed E-state index contributed by atoms with van der Waals surface area (Å²) in [4.78, 5) is 0. The minimum absolute atomic E-state index is 0.331. The highest BCUT2D eigenvalue weighted by Gasteiger charge is 2.31. The predicted octanol–water partition coefficient (Wildman–Crippen LogP) is 2.46. The van der Waals surface area contributed by atoms with Gasteiger partial charge >= 0.3 is 0 Å². The van der Waals surface area contributed by atoms with E-state index in [0.717, 1.165) is 32.1 Å². The van der Waals surface area contributed by atoms with E-state index in [4.69, 9.17) is 0 Å². The topological polar surface area (TPSA) is 32.3 Å². The smallest absolute Gasteiger partial charge is 0.0649 e. The van der Waals surface area contributed by atoms with Crippen LogP contribution in [0.3, 0.4) is 0 Å². The van der Waals surface area contributed by atoms with Crippen molar-refractivity contribution < 1.29 is 5.11 Å². The van der Waals surface area contributed by atoms with E-state index >= 15 is 0 Å². The van der Waals surface area contributed by atoms with E-state index in [1.165, 1.54) is 19.3 Å². The third kappa shape index (κ3) is 3.58. The predicted molar refractivity (Wildman–Crippen MR) is 60.4 cm³/mol. The SMILES string of the molecule is CCCCCC1(O)CCC(NC)CC1. The van der Waals surface area contributed by atoms with Gasteiger partial charge in [-0.2, -0.15) is 0 Å². The standard InChI is InChI=1S/C12H25NO/c1-3-4-5-8-12(14)9-6-11(13-2)7-10-12/h11,13-14H,3-10H2,1-2H3. The molecule has 0 spiro atoms. The number of unbranched alkanes of at least 4 members (excludes halogenated alkanes) is 2. The van der Waals surface area contributed by atoms with E-state index < -0.39 is 0 Å². The molecular weight excluding hydrogens is 174 g/mol. The molecule has 0 bridgehead atoms. The van der Waals surface area contributed by atoms with Gasteiger partial charge in [0.05, 0.1) is 5.60 Å². The Morgan fingerprint density at radius 2 is 1.93 bits per heavy atom. The molecule has 1 aliphatic rings. The summed E-state index contributed by atoms with van der Waals surface area (Å²) in [6, 6.07) is 0.640. The molecule has 0 unspecified atom stereocenters. The summed E-state index contributed by atoms with van der Waals surface area (Å²) < 4.78 is 0. The lowest BCUT2D eigenvalue weighted by Crippen LogP contribution is -2.40. The summed E-state index contributed by atoms with van der Waals surface area (Å²) >= 11 is 0. The van der Waals surface area contributed by atoms with Crippen molar-refractivity contribution >= 4 is 0 Å². The number of aliphatic hydroxyl groups is 1. The maximum Gasteiger partial charge on any atom is 0.0649 e. The molecule has 84 valence electrons. The first kappa shape index (κ1) is 12.0. The molecule has 0 saturated heterocycles. The lowest BCUT2D eigenvalue weighted by molar-refractivity contribution is -0.0123. The van der Waals surface area contributed by atoms with Gasteiger partial charge in [-0.25, -0.2) is 0 Å². The molecule has 0 aromatic heterocycles. The quantitative estimate of drug-likeness (QED) is 0.667. The zero-order valence-electron chi connectivity index (χ0n) is 9.68. The van der Waals surface area contributed by atoms with Crippen LogP contribution in [-0.4, -0.2) is 23.8 Å². The minimum Gasteiger partial charge on any atom is -0.390 e. The van der Waals surface area contributed by atoms with Crippen LogP contribution in [0.15, 0.2) is 0 Å². The summed E-state index contributed by atoms with van der Waals surface area (Å²) in [5.74, 6) is 0. The summed E-state index contributed by atoms with van der Waals surface area (Å²) in [5, 5.41) is 13.6. The van der Waals surface area contributed by atoms with Crippen LogP contribution < -0.4 is 5.32 Å². The van der Waals surface area contributed by atoms with Crippen LogP contribution in [-0.2, 0) is 0 Å². The van der Waals surface area contributed by atoms with Crippen molar-refractivity contribution in [2.24, 2.45) is 0 Å². The van der Waals surface area contributed by atoms with Crippen LogP contribution in [0.2, 0.25) is 0 Å². The first-order valence-electron chi connectivity index (χ1n) is 6.10. The second-order valence-electron chi connectivity index (χ2n) is 4.74. The van der Waals surface area contributed by atoms with Gasteiger partial charge < -0.3 is 10.4 Å². The Morgan fingerprint density at radius 3 is 2.43 bits per heavy atom. The lowest BCUT2D eigenvalue weighted by Gasteiger charge is -2.36. The van der Waals surface area contributed by atoms with E-state index in [1.807, 2.05) is 7.05 Å². The van der Waals surface area contributed by atoms with E-state index in [1.54, 1.807) is 0 Å². The number of rotatable bonds is 5. The fourth-order valence-corrected chi connectivity index (χ4v) is 2.40. The maximum atomic E-state index is 10.3. The van der Waals surface area contributed by atoms with Gasteiger partial charge in [0.15, 0.2) is 0 Å². The largest absolute Gasteiger partial charge is 0.390 e. The Balaban J connectivity index is 2.23. The molecule has 1 rings (SSSR count). The molecule has 0 aromatic rings. The Labute approximate surface area is 88.1 Å². The van der Waals surface area contributed by atoms with Gasteiger partial charge in [-0.1, -0.05) is 26.2 Å². The summed E-state index contributed by atoms with van der Waals surface area (Å²) in [5.41, 5.74) is -0.331. The average molecular weight is 199 g/mol. The zero-order valence-corrected chi connectivity index (χ0v) is 9.68. The Bertz CT molecular complexity index is 145. The molecule has 0 radical (unpaired) electrons. The second kappa shape index (κ2) is 5.72. The molecule has 0 heterocycles. The highest BCUT2D eigenvalue weighted by atomic mass is 16.3. The average Bonchev–Trinajstić information content (AvgIpc) is 2.19. The molecule has 0 atom stereocenters. The number of hydrogen-bond donors (Lipinski definition) is 2. The van der Waals surface area contributed by atoms with Crippen LogP contribution in [0.5, 0.6) is 0 Å². The third-order valence-electron chi connectivity index (χ3n) is 3.57.